The van der Waals surface area contributed by atoms with Crippen molar-refractivity contribution in [1.29, 1.82) is 0 Å². The van der Waals surface area contributed by atoms with Crippen LogP contribution in [-0.4, -0.2) is 19.6 Å². The fourth-order valence-electron chi connectivity index (χ4n) is 2.91. The van der Waals surface area contributed by atoms with Crippen molar-refractivity contribution in [3.05, 3.63) is 65.2 Å². The molecule has 0 unspecified atom stereocenters. The van der Waals surface area contributed by atoms with E-state index in [-0.39, 0.29) is 5.91 Å². The van der Waals surface area contributed by atoms with Crippen LogP contribution in [0.2, 0.25) is 0 Å². The molecule has 3 rings (SSSR count). The lowest BCUT2D eigenvalue weighted by atomic mass is 9.98. The maximum absolute atomic E-state index is 12.8. The normalized spacial score (nSPS) is 14.3. The third-order valence-electron chi connectivity index (χ3n) is 4.27. The van der Waals surface area contributed by atoms with E-state index in [9.17, 15) is 4.79 Å². The number of methoxy groups -OCH3 is 1. The number of nitrogens with zero attached hydrogens (tertiary/aromatic N) is 1. The van der Waals surface area contributed by atoms with Crippen LogP contribution in [-0.2, 0) is 6.42 Å². The van der Waals surface area contributed by atoms with Crippen molar-refractivity contribution in [2.24, 2.45) is 5.92 Å². The number of fused-ring (bicyclic) bond motifs is 1. The molecule has 0 aliphatic carbocycles. The van der Waals surface area contributed by atoms with E-state index in [0.29, 0.717) is 12.5 Å². The smallest absolute Gasteiger partial charge is 0.258 e. The molecule has 0 saturated heterocycles. The second kappa shape index (κ2) is 6.91. The Labute approximate surface area is 143 Å². The van der Waals surface area contributed by atoms with E-state index in [0.717, 1.165) is 34.5 Å². The number of carbonyl (C=O) groups excluding carboxylic acids is 1. The predicted octanol–water partition coefficient (Wildman–Crippen LogP) is 4.57. The molecule has 2 aromatic rings. The van der Waals surface area contributed by atoms with E-state index in [1.165, 1.54) is 0 Å². The standard InChI is InChI=1S/C21H23NO2/c1-15(2)4-5-16-6-8-18(9-7-16)22-13-12-17-14-19(24-3)10-11-20(17)21(22)23/h4-11,14-15H,12-13H2,1-3H3/b5-4+. The molecule has 0 aromatic heterocycles. The zero-order valence-corrected chi connectivity index (χ0v) is 14.5. The topological polar surface area (TPSA) is 29.5 Å². The molecule has 1 heterocycles. The molecule has 0 atom stereocenters. The summed E-state index contributed by atoms with van der Waals surface area (Å²) < 4.78 is 5.25. The van der Waals surface area contributed by atoms with Crippen molar-refractivity contribution in [2.45, 2.75) is 20.3 Å². The van der Waals surface area contributed by atoms with Gasteiger partial charge in [0, 0.05) is 17.8 Å². The zero-order chi connectivity index (χ0) is 17.1. The van der Waals surface area contributed by atoms with Crippen LogP contribution in [0.1, 0.15) is 35.3 Å². The number of ether oxygens (including phenoxy) is 1. The van der Waals surface area contributed by atoms with Crippen molar-refractivity contribution in [2.75, 3.05) is 18.6 Å². The van der Waals surface area contributed by atoms with Gasteiger partial charge in [0.2, 0.25) is 0 Å². The molecule has 0 radical (unpaired) electrons. The highest BCUT2D eigenvalue weighted by molar-refractivity contribution is 6.08. The van der Waals surface area contributed by atoms with E-state index in [4.69, 9.17) is 4.74 Å². The first-order chi connectivity index (χ1) is 11.6. The fourth-order valence-corrected chi connectivity index (χ4v) is 2.91. The van der Waals surface area contributed by atoms with Crippen LogP contribution in [0.25, 0.3) is 6.08 Å². The summed E-state index contributed by atoms with van der Waals surface area (Å²) >= 11 is 0. The molecule has 24 heavy (non-hydrogen) atoms. The Morgan fingerprint density at radius 2 is 1.88 bits per heavy atom. The molecule has 124 valence electrons. The van der Waals surface area contributed by atoms with Gasteiger partial charge in [0.05, 0.1) is 7.11 Å². The summed E-state index contributed by atoms with van der Waals surface area (Å²) in [6.07, 6.45) is 5.13. The number of anilines is 1. The maximum atomic E-state index is 12.8. The Bertz CT molecular complexity index is 760. The van der Waals surface area contributed by atoms with Crippen LogP contribution in [0.3, 0.4) is 0 Å². The molecule has 1 aliphatic heterocycles. The van der Waals surface area contributed by atoms with Crippen LogP contribution < -0.4 is 9.64 Å². The predicted molar refractivity (Wildman–Crippen MR) is 98.7 cm³/mol. The highest BCUT2D eigenvalue weighted by Gasteiger charge is 2.25. The van der Waals surface area contributed by atoms with Gasteiger partial charge in [0.15, 0.2) is 0 Å². The lowest BCUT2D eigenvalue weighted by Crippen LogP contribution is -2.37. The van der Waals surface area contributed by atoms with E-state index >= 15 is 0 Å². The number of hydrogen-bond donors (Lipinski definition) is 0. The number of benzene rings is 2. The van der Waals surface area contributed by atoms with Gasteiger partial charge in [-0.2, -0.15) is 0 Å². The first-order valence-electron chi connectivity index (χ1n) is 8.35. The number of allylic oxidation sites excluding steroid dienone is 1. The summed E-state index contributed by atoms with van der Waals surface area (Å²) in [6, 6.07) is 13.8. The molecule has 0 N–H and O–H groups in total. The minimum atomic E-state index is 0.0596. The van der Waals surface area contributed by atoms with Crippen LogP contribution >= 0.6 is 0 Å². The van der Waals surface area contributed by atoms with Gasteiger partial charge in [0.25, 0.3) is 5.91 Å². The molecule has 1 amide bonds. The van der Waals surface area contributed by atoms with E-state index in [1.807, 2.05) is 35.2 Å². The summed E-state index contributed by atoms with van der Waals surface area (Å²) in [5, 5.41) is 0. The average molecular weight is 321 g/mol. The van der Waals surface area contributed by atoms with Crippen molar-refractivity contribution in [3.8, 4) is 5.75 Å². The van der Waals surface area contributed by atoms with Crippen LogP contribution in [0.15, 0.2) is 48.5 Å². The summed E-state index contributed by atoms with van der Waals surface area (Å²) in [7, 11) is 1.65. The largest absolute Gasteiger partial charge is 0.497 e. The second-order valence-electron chi connectivity index (χ2n) is 6.42. The lowest BCUT2D eigenvalue weighted by molar-refractivity contribution is 0.0980. The Kier molecular flexibility index (Phi) is 4.70. The molecule has 0 bridgehead atoms. The molecule has 3 nitrogen and oxygen atoms in total. The summed E-state index contributed by atoms with van der Waals surface area (Å²) in [6.45, 7) is 5.01. The lowest BCUT2D eigenvalue weighted by Gasteiger charge is -2.29. The van der Waals surface area contributed by atoms with E-state index < -0.39 is 0 Å². The monoisotopic (exact) mass is 321 g/mol. The highest BCUT2D eigenvalue weighted by Crippen LogP contribution is 2.27. The summed E-state index contributed by atoms with van der Waals surface area (Å²) in [4.78, 5) is 14.6. The maximum Gasteiger partial charge on any atom is 0.258 e. The molecule has 3 heteroatoms. The van der Waals surface area contributed by atoms with Crippen molar-refractivity contribution in [3.63, 3.8) is 0 Å². The van der Waals surface area contributed by atoms with Crippen LogP contribution in [0.4, 0.5) is 5.69 Å². The first kappa shape index (κ1) is 16.3. The van der Waals surface area contributed by atoms with Gasteiger partial charge in [-0.1, -0.05) is 38.1 Å². The van der Waals surface area contributed by atoms with Gasteiger partial charge in [-0.25, -0.2) is 0 Å². The summed E-state index contributed by atoms with van der Waals surface area (Å²) in [5.41, 5.74) is 3.93. The molecular formula is C21H23NO2. The van der Waals surface area contributed by atoms with Gasteiger partial charge in [-0.05, 0) is 53.8 Å². The zero-order valence-electron chi connectivity index (χ0n) is 14.5. The third-order valence-corrected chi connectivity index (χ3v) is 4.27. The molecule has 1 aliphatic rings. The van der Waals surface area contributed by atoms with Crippen molar-refractivity contribution < 1.29 is 9.53 Å². The van der Waals surface area contributed by atoms with Crippen LogP contribution in [0.5, 0.6) is 5.75 Å². The minimum Gasteiger partial charge on any atom is -0.497 e. The Morgan fingerprint density at radius 3 is 2.54 bits per heavy atom. The van der Waals surface area contributed by atoms with Gasteiger partial charge in [0.1, 0.15) is 5.75 Å². The van der Waals surface area contributed by atoms with E-state index in [2.05, 4.69) is 38.1 Å². The Balaban J connectivity index is 1.82. The number of carbonyl (C=O) groups is 1. The second-order valence-corrected chi connectivity index (χ2v) is 6.42. The minimum absolute atomic E-state index is 0.0596. The third kappa shape index (κ3) is 3.35. The van der Waals surface area contributed by atoms with E-state index in [1.54, 1.807) is 7.11 Å². The number of amides is 1. The van der Waals surface area contributed by atoms with Gasteiger partial charge < -0.3 is 9.64 Å². The molecule has 0 spiro atoms. The highest BCUT2D eigenvalue weighted by atomic mass is 16.5. The first-order valence-corrected chi connectivity index (χ1v) is 8.35. The van der Waals surface area contributed by atoms with Gasteiger partial charge >= 0.3 is 0 Å². The molecular weight excluding hydrogens is 298 g/mol. The molecule has 2 aromatic carbocycles. The quantitative estimate of drug-likeness (QED) is 0.825. The van der Waals surface area contributed by atoms with Crippen molar-refractivity contribution >= 4 is 17.7 Å². The van der Waals surface area contributed by atoms with Crippen molar-refractivity contribution in [1.82, 2.24) is 0 Å². The molecule has 0 saturated carbocycles. The summed E-state index contributed by atoms with van der Waals surface area (Å²) in [5.74, 6) is 1.39. The van der Waals surface area contributed by atoms with Gasteiger partial charge in [-0.3, -0.25) is 4.79 Å². The van der Waals surface area contributed by atoms with Gasteiger partial charge in [-0.15, -0.1) is 0 Å². The van der Waals surface area contributed by atoms with Crippen LogP contribution in [0, 0.1) is 5.92 Å². The molecule has 0 fully saturated rings. The SMILES string of the molecule is COc1ccc2c(c1)CCN(c1ccc(/C=C/C(C)C)cc1)C2=O. The number of rotatable bonds is 4. The number of hydrogen-bond acceptors (Lipinski definition) is 2. The Morgan fingerprint density at radius 1 is 1.12 bits per heavy atom. The average Bonchev–Trinajstić information content (AvgIpc) is 2.60. The Hall–Kier alpha value is -2.55. The fraction of sp³-hybridized carbons (Fsp3) is 0.286.